The number of hydrogen-bond acceptors (Lipinski definition) is 8. The molecule has 1 rings (SSSR count). The van der Waals surface area contributed by atoms with Crippen molar-refractivity contribution in [3.05, 3.63) is 86.5 Å². The van der Waals surface area contributed by atoms with Gasteiger partial charge in [-0.3, -0.25) is 4.79 Å². The zero-order valence-electron chi connectivity index (χ0n) is 23.2. The quantitative estimate of drug-likeness (QED) is 0.120. The number of anilines is 1. The molecular formula is C29H40N2O8. The Morgan fingerprint density at radius 3 is 1.67 bits per heavy atom. The Balaban J connectivity index is -0.000000208. The number of allylic oxidation sites excluding steroid dienone is 1. The van der Waals surface area contributed by atoms with E-state index in [2.05, 4.69) is 47.7 Å². The lowest BCUT2D eigenvalue weighted by atomic mass is 10.2. The molecule has 1 aromatic carbocycles. The fourth-order valence-electron chi connectivity index (χ4n) is 1.36. The van der Waals surface area contributed by atoms with Crippen LogP contribution in [-0.4, -0.2) is 47.2 Å². The van der Waals surface area contributed by atoms with E-state index in [1.165, 1.54) is 31.2 Å². The van der Waals surface area contributed by atoms with E-state index in [1.54, 1.807) is 32.0 Å². The van der Waals surface area contributed by atoms with Crippen LogP contribution in [0.3, 0.4) is 0 Å². The molecule has 10 nitrogen and oxygen atoms in total. The number of carboxylic acids is 1. The van der Waals surface area contributed by atoms with Crippen molar-refractivity contribution in [3.8, 4) is 11.8 Å². The maximum Gasteiger partial charge on any atom is 0.330 e. The molecule has 0 aliphatic heterocycles. The van der Waals surface area contributed by atoms with E-state index in [0.717, 1.165) is 18.9 Å². The van der Waals surface area contributed by atoms with Crippen molar-refractivity contribution in [3.63, 3.8) is 0 Å². The number of aliphatic carboxylic acids is 1. The standard InChI is InChI=1S/C10H11NO2.C7H12O2.C5H8O2.C4H6O2.C3H3N/c1-7(2)10(13)11-8-3-5-9(12)6-4-8;1-3-5-6-9-7(8)4-2;1-3-5(6)7-4-2;1-3(2)4(5)6;1-2-3-4/h3-6,12H,1H2,2H3,(H,11,13);4H,2-3,5-6H2,1H3;3H,1,4H2,2H3;1H2,2H3,(H,5,6);2H,1H2. The van der Waals surface area contributed by atoms with Crippen LogP contribution in [0.4, 0.5) is 5.69 Å². The second-order valence-electron chi connectivity index (χ2n) is 6.88. The molecule has 0 fully saturated rings. The number of benzene rings is 1. The molecular weight excluding hydrogens is 504 g/mol. The Morgan fingerprint density at radius 2 is 1.38 bits per heavy atom. The van der Waals surface area contributed by atoms with Gasteiger partial charge in [-0.25, -0.2) is 14.4 Å². The van der Waals surface area contributed by atoms with E-state index in [0.29, 0.717) is 24.5 Å². The molecule has 0 saturated carbocycles. The molecule has 3 N–H and O–H groups in total. The molecule has 0 aliphatic carbocycles. The van der Waals surface area contributed by atoms with Gasteiger partial charge in [-0.2, -0.15) is 5.26 Å². The zero-order valence-corrected chi connectivity index (χ0v) is 23.2. The predicted octanol–water partition coefficient (Wildman–Crippen LogP) is 5.50. The summed E-state index contributed by atoms with van der Waals surface area (Å²) in [5.41, 5.74) is 1.27. The number of hydrogen-bond donors (Lipinski definition) is 3. The molecule has 0 aliphatic rings. The lowest BCUT2D eigenvalue weighted by Crippen LogP contribution is -2.11. The number of amides is 1. The number of rotatable bonds is 9. The highest BCUT2D eigenvalue weighted by molar-refractivity contribution is 6.02. The summed E-state index contributed by atoms with van der Waals surface area (Å²) in [7, 11) is 0. The molecule has 0 spiro atoms. The van der Waals surface area contributed by atoms with Gasteiger partial charge in [0.1, 0.15) is 5.75 Å². The molecule has 0 heterocycles. The number of carbonyl (C=O) groups is 4. The van der Waals surface area contributed by atoms with Crippen LogP contribution >= 0.6 is 0 Å². The van der Waals surface area contributed by atoms with Gasteiger partial charge in [-0.15, -0.1) is 0 Å². The first-order chi connectivity index (χ1) is 18.3. The number of nitrogens with one attached hydrogen (secondary N) is 1. The summed E-state index contributed by atoms with van der Waals surface area (Å²) in [6.07, 6.45) is 5.48. The third-order valence-corrected chi connectivity index (χ3v) is 3.33. The highest BCUT2D eigenvalue weighted by Crippen LogP contribution is 2.14. The highest BCUT2D eigenvalue weighted by Gasteiger charge is 2.01. The van der Waals surface area contributed by atoms with Gasteiger partial charge in [0.05, 0.1) is 19.3 Å². The molecule has 0 bridgehead atoms. The minimum Gasteiger partial charge on any atom is -0.508 e. The predicted molar refractivity (Wildman–Crippen MR) is 153 cm³/mol. The number of nitriles is 1. The summed E-state index contributed by atoms with van der Waals surface area (Å²) in [5.74, 6) is -1.67. The maximum atomic E-state index is 11.1. The number of carbonyl (C=O) groups excluding carboxylic acids is 3. The monoisotopic (exact) mass is 544 g/mol. The van der Waals surface area contributed by atoms with E-state index in [1.807, 2.05) is 6.92 Å². The maximum absolute atomic E-state index is 11.1. The van der Waals surface area contributed by atoms with Crippen molar-refractivity contribution in [1.82, 2.24) is 0 Å². The van der Waals surface area contributed by atoms with Crippen molar-refractivity contribution in [2.45, 2.75) is 40.5 Å². The lowest BCUT2D eigenvalue weighted by molar-refractivity contribution is -0.138. The van der Waals surface area contributed by atoms with E-state index in [4.69, 9.17) is 15.5 Å². The molecule has 0 unspecified atom stereocenters. The number of phenolic OH excluding ortho intramolecular Hbond substituents is 1. The Labute approximate surface area is 231 Å². The highest BCUT2D eigenvalue weighted by atomic mass is 16.5. The summed E-state index contributed by atoms with van der Waals surface area (Å²) in [6.45, 7) is 24.1. The molecule has 214 valence electrons. The topological polar surface area (TPSA) is 163 Å². The van der Waals surface area contributed by atoms with Crippen LogP contribution in [-0.2, 0) is 28.7 Å². The number of ether oxygens (including phenoxy) is 2. The van der Waals surface area contributed by atoms with Crippen molar-refractivity contribution in [2.75, 3.05) is 18.5 Å². The van der Waals surface area contributed by atoms with Gasteiger partial charge >= 0.3 is 17.9 Å². The largest absolute Gasteiger partial charge is 0.508 e. The van der Waals surface area contributed by atoms with Crippen LogP contribution in [0.25, 0.3) is 0 Å². The van der Waals surface area contributed by atoms with Gasteiger partial charge in [-0.1, -0.05) is 46.2 Å². The summed E-state index contributed by atoms with van der Waals surface area (Å²) >= 11 is 0. The van der Waals surface area contributed by atoms with Crippen LogP contribution in [0.5, 0.6) is 5.75 Å². The minimum atomic E-state index is -0.935. The Hall–Kier alpha value is -4.91. The Kier molecular flexibility index (Phi) is 31.0. The number of esters is 2. The zero-order chi connectivity index (χ0) is 31.2. The summed E-state index contributed by atoms with van der Waals surface area (Å²) in [4.78, 5) is 41.1. The average molecular weight is 545 g/mol. The smallest absolute Gasteiger partial charge is 0.330 e. The third-order valence-electron chi connectivity index (χ3n) is 3.33. The van der Waals surface area contributed by atoms with Crippen LogP contribution in [0.1, 0.15) is 40.5 Å². The SMILES string of the molecule is C=C(C)C(=O)Nc1ccc(O)cc1.C=C(C)C(=O)O.C=CC#N.C=CC(=O)OCC.C=CC(=O)OCCCC. The van der Waals surface area contributed by atoms with Gasteiger partial charge in [-0.05, 0) is 51.5 Å². The summed E-state index contributed by atoms with van der Waals surface area (Å²) < 4.78 is 9.11. The molecule has 0 radical (unpaired) electrons. The summed E-state index contributed by atoms with van der Waals surface area (Å²) in [6, 6.07) is 7.95. The number of phenols is 1. The lowest BCUT2D eigenvalue weighted by Gasteiger charge is -2.03. The second kappa shape index (κ2) is 29.3. The first-order valence-corrected chi connectivity index (χ1v) is 11.5. The molecule has 10 heteroatoms. The number of nitrogens with zero attached hydrogens (tertiary/aromatic N) is 1. The Bertz CT molecular complexity index is 962. The van der Waals surface area contributed by atoms with Gasteiger partial charge in [0.25, 0.3) is 5.91 Å². The van der Waals surface area contributed by atoms with Crippen LogP contribution < -0.4 is 5.32 Å². The second-order valence-corrected chi connectivity index (χ2v) is 6.88. The fourth-order valence-corrected chi connectivity index (χ4v) is 1.36. The van der Waals surface area contributed by atoms with Gasteiger partial charge in [0.2, 0.25) is 0 Å². The van der Waals surface area contributed by atoms with Crippen molar-refractivity contribution in [1.29, 1.82) is 5.26 Å². The first kappa shape index (κ1) is 41.2. The third kappa shape index (κ3) is 35.3. The van der Waals surface area contributed by atoms with Gasteiger partial charge in [0, 0.05) is 35.1 Å². The fraction of sp³-hybridized carbons (Fsp3) is 0.276. The molecule has 1 amide bonds. The number of aromatic hydroxyl groups is 1. The van der Waals surface area contributed by atoms with Gasteiger partial charge < -0.3 is 25.0 Å². The van der Waals surface area contributed by atoms with E-state index >= 15 is 0 Å². The van der Waals surface area contributed by atoms with Crippen LogP contribution in [0.15, 0.2) is 86.5 Å². The van der Waals surface area contributed by atoms with Crippen LogP contribution in [0, 0.1) is 11.3 Å². The summed E-state index contributed by atoms with van der Waals surface area (Å²) in [5, 5.41) is 27.0. The van der Waals surface area contributed by atoms with Crippen LogP contribution in [0.2, 0.25) is 0 Å². The Morgan fingerprint density at radius 1 is 0.949 bits per heavy atom. The molecule has 0 atom stereocenters. The van der Waals surface area contributed by atoms with Crippen molar-refractivity contribution < 1.29 is 38.9 Å². The van der Waals surface area contributed by atoms with E-state index < -0.39 is 5.97 Å². The molecule has 39 heavy (non-hydrogen) atoms. The molecule has 0 aromatic heterocycles. The van der Waals surface area contributed by atoms with Crippen molar-refractivity contribution in [2.24, 2.45) is 0 Å². The molecule has 1 aromatic rings. The van der Waals surface area contributed by atoms with Gasteiger partial charge in [0.15, 0.2) is 0 Å². The minimum absolute atomic E-state index is 0.174. The van der Waals surface area contributed by atoms with E-state index in [9.17, 15) is 19.2 Å². The number of unbranched alkanes of at least 4 members (excludes halogenated alkanes) is 1. The van der Waals surface area contributed by atoms with E-state index in [-0.39, 0.29) is 29.2 Å². The van der Waals surface area contributed by atoms with Crippen molar-refractivity contribution >= 4 is 29.5 Å². The normalized spacial score (nSPS) is 7.97. The number of carboxylic acid groups (broad SMARTS) is 1. The average Bonchev–Trinajstić information content (AvgIpc) is 2.91. The first-order valence-electron chi connectivity index (χ1n) is 11.5. The molecule has 0 saturated heterocycles.